The van der Waals surface area contributed by atoms with Crippen LogP contribution >= 0.6 is 11.3 Å². The van der Waals surface area contributed by atoms with Crippen molar-refractivity contribution in [3.8, 4) is 66.8 Å². The van der Waals surface area contributed by atoms with Crippen LogP contribution in [-0.2, 0) is 10.8 Å². The molecule has 1 spiro atoms. The van der Waals surface area contributed by atoms with E-state index in [0.29, 0.717) is 0 Å². The van der Waals surface area contributed by atoms with Gasteiger partial charge in [-0.2, -0.15) is 0 Å². The van der Waals surface area contributed by atoms with E-state index in [-0.39, 0.29) is 5.41 Å². The van der Waals surface area contributed by atoms with Gasteiger partial charge in [0, 0.05) is 65.0 Å². The second-order valence-corrected chi connectivity index (χ2v) is 23.3. The summed E-state index contributed by atoms with van der Waals surface area (Å²) < 4.78 is 2.66. The van der Waals surface area contributed by atoms with Crippen molar-refractivity contribution in [3.63, 3.8) is 0 Å². The van der Waals surface area contributed by atoms with Gasteiger partial charge >= 0.3 is 0 Å². The summed E-state index contributed by atoms with van der Waals surface area (Å²) in [5.74, 6) is 0. The van der Waals surface area contributed by atoms with Crippen molar-refractivity contribution < 1.29 is 0 Å². The molecule has 0 amide bonds. The first-order chi connectivity index (χ1) is 39.0. The van der Waals surface area contributed by atoms with E-state index in [9.17, 15) is 0 Å². The number of fused-ring (bicyclic) bond motifs is 24. The van der Waals surface area contributed by atoms with Crippen LogP contribution in [0.3, 0.4) is 0 Å². The lowest BCUT2D eigenvalue weighted by Crippen LogP contribution is -2.29. The molecule has 1 atom stereocenters. The van der Waals surface area contributed by atoms with Crippen molar-refractivity contribution in [3.05, 3.63) is 300 Å². The molecule has 13 aromatic rings. The monoisotopic (exact) mass is 1020 g/mol. The average Bonchev–Trinajstić information content (AvgIpc) is 2.58. The summed E-state index contributed by atoms with van der Waals surface area (Å²) in [6, 6.07) is 101. The number of anilines is 6. The number of para-hydroxylation sites is 2. The van der Waals surface area contributed by atoms with Crippen molar-refractivity contribution in [1.82, 2.24) is 0 Å². The van der Waals surface area contributed by atoms with Gasteiger partial charge in [-0.1, -0.05) is 214 Å². The Balaban J connectivity index is 0.976. The van der Waals surface area contributed by atoms with Crippen LogP contribution in [0.25, 0.3) is 86.9 Å². The molecule has 0 N–H and O–H groups in total. The molecule has 0 fully saturated rings. The molecule has 17 rings (SSSR count). The van der Waals surface area contributed by atoms with Crippen molar-refractivity contribution in [2.24, 2.45) is 0 Å². The van der Waals surface area contributed by atoms with Gasteiger partial charge in [-0.15, -0.1) is 11.3 Å². The molecule has 79 heavy (non-hydrogen) atoms. The zero-order valence-corrected chi connectivity index (χ0v) is 44.5. The van der Waals surface area contributed by atoms with E-state index in [1.54, 1.807) is 0 Å². The zero-order valence-electron chi connectivity index (χ0n) is 43.7. The third-order valence-electron chi connectivity index (χ3n) is 18.0. The Hall–Kier alpha value is -9.54. The fraction of sp³-hybridized carbons (Fsp3) is 0.0526. The van der Waals surface area contributed by atoms with E-state index in [1.807, 2.05) is 11.3 Å². The lowest BCUT2D eigenvalue weighted by molar-refractivity contribution is 0.660. The van der Waals surface area contributed by atoms with Gasteiger partial charge in [0.05, 0.1) is 16.8 Å². The van der Waals surface area contributed by atoms with E-state index in [4.69, 9.17) is 0 Å². The average molecular weight is 1020 g/mol. The molecule has 1 unspecified atom stereocenters. The Bertz CT molecular complexity index is 4730. The number of hydrogen-bond acceptors (Lipinski definition) is 3. The normalized spacial score (nSPS) is 15.3. The molecule has 2 heterocycles. The highest BCUT2D eigenvalue weighted by atomic mass is 32.1. The lowest BCUT2D eigenvalue weighted by Gasteiger charge is -2.37. The second kappa shape index (κ2) is 16.5. The van der Waals surface area contributed by atoms with Gasteiger partial charge in [0.25, 0.3) is 0 Å². The Morgan fingerprint density at radius 1 is 0.316 bits per heavy atom. The molecule has 2 nitrogen and oxygen atoms in total. The maximum atomic E-state index is 2.58. The van der Waals surface area contributed by atoms with Gasteiger partial charge in [-0.05, 0) is 150 Å². The first-order valence-corrected chi connectivity index (χ1v) is 28.4. The quantitative estimate of drug-likeness (QED) is 0.173. The molecule has 1 aliphatic heterocycles. The molecular formula is C76H50N2S. The van der Waals surface area contributed by atoms with Crippen molar-refractivity contribution in [2.75, 3.05) is 9.80 Å². The maximum Gasteiger partial charge on any atom is 0.0726 e. The van der Waals surface area contributed by atoms with Crippen molar-refractivity contribution in [2.45, 2.75) is 24.7 Å². The van der Waals surface area contributed by atoms with E-state index in [2.05, 4.69) is 291 Å². The molecular weight excluding hydrogens is 973 g/mol. The largest absolute Gasteiger partial charge is 0.310 e. The minimum absolute atomic E-state index is 0.206. The Morgan fingerprint density at radius 3 is 1.52 bits per heavy atom. The van der Waals surface area contributed by atoms with Crippen LogP contribution in [0.1, 0.15) is 47.2 Å². The molecule has 0 radical (unpaired) electrons. The molecule has 0 bridgehead atoms. The Labute approximate surface area is 464 Å². The maximum absolute atomic E-state index is 2.58. The van der Waals surface area contributed by atoms with Gasteiger partial charge in [-0.25, -0.2) is 0 Å². The predicted molar refractivity (Wildman–Crippen MR) is 332 cm³/mol. The Morgan fingerprint density at radius 2 is 0.797 bits per heavy atom. The lowest BCUT2D eigenvalue weighted by atomic mass is 9.65. The molecule has 3 aliphatic carbocycles. The van der Waals surface area contributed by atoms with Crippen molar-refractivity contribution >= 4 is 65.6 Å². The summed E-state index contributed by atoms with van der Waals surface area (Å²) in [6.45, 7) is 4.79. The van der Waals surface area contributed by atoms with E-state index in [1.165, 1.54) is 120 Å². The fourth-order valence-electron chi connectivity index (χ4n) is 14.7. The highest BCUT2D eigenvalue weighted by molar-refractivity contribution is 7.26. The fourth-order valence-corrected chi connectivity index (χ4v) is 15.9. The van der Waals surface area contributed by atoms with Gasteiger partial charge in [0.2, 0.25) is 0 Å². The number of nitrogens with zero attached hydrogens (tertiary/aromatic N) is 2. The smallest absolute Gasteiger partial charge is 0.0726 e. The zero-order chi connectivity index (χ0) is 52.1. The first-order valence-electron chi connectivity index (χ1n) is 27.6. The topological polar surface area (TPSA) is 6.48 Å². The Kier molecular flexibility index (Phi) is 9.30. The first kappa shape index (κ1) is 44.6. The molecule has 12 aromatic carbocycles. The molecule has 1 aromatic heterocycles. The van der Waals surface area contributed by atoms with Gasteiger partial charge < -0.3 is 9.80 Å². The number of hydrogen-bond donors (Lipinski definition) is 0. The van der Waals surface area contributed by atoms with E-state index < -0.39 is 5.41 Å². The highest BCUT2D eigenvalue weighted by Crippen LogP contribution is 2.64. The minimum Gasteiger partial charge on any atom is -0.310 e. The van der Waals surface area contributed by atoms with E-state index >= 15 is 0 Å². The summed E-state index contributed by atoms with van der Waals surface area (Å²) >= 11 is 1.93. The third kappa shape index (κ3) is 6.06. The molecule has 0 saturated carbocycles. The molecule has 370 valence electrons. The van der Waals surface area contributed by atoms with Crippen LogP contribution in [0.15, 0.2) is 267 Å². The molecule has 3 heteroatoms. The van der Waals surface area contributed by atoms with Crippen LogP contribution in [0, 0.1) is 0 Å². The molecule has 0 saturated heterocycles. The van der Waals surface area contributed by atoms with Crippen LogP contribution < -0.4 is 9.80 Å². The van der Waals surface area contributed by atoms with Gasteiger partial charge in [0.1, 0.15) is 0 Å². The summed E-state index contributed by atoms with van der Waals surface area (Å²) in [4.78, 5) is 5.01. The standard InChI is InChI=1S/C76H50N2S/c1-75(2)64-31-15-10-27-56(64)58-40-37-49(45-68(58)75)77(48-38-43-71-63(44-48)54-25-9-8-24-53(54)59-28-13-18-34-70(59)78(71)47-20-4-3-5-21-47)50-36-39-57-52-23-7-6-22-51(52)55-26-11-16-32-65(55)76(69(57)46-50)66-33-17-12-30-62(66)73-67(76)42-41-61-60-29-14-19-35-72(60)79-74(61)73/h3-46H,1-2H3. The van der Waals surface area contributed by atoms with Crippen LogP contribution in [0.5, 0.6) is 0 Å². The number of rotatable bonds is 4. The minimum atomic E-state index is -0.681. The predicted octanol–water partition coefficient (Wildman–Crippen LogP) is 21.0. The van der Waals surface area contributed by atoms with Gasteiger partial charge in [0.15, 0.2) is 0 Å². The summed E-state index contributed by atoms with van der Waals surface area (Å²) in [7, 11) is 0. The van der Waals surface area contributed by atoms with E-state index in [0.717, 1.165) is 34.1 Å². The van der Waals surface area contributed by atoms with Crippen LogP contribution in [0.4, 0.5) is 34.1 Å². The van der Waals surface area contributed by atoms with Crippen molar-refractivity contribution in [1.29, 1.82) is 0 Å². The number of benzene rings is 12. The summed E-state index contributed by atoms with van der Waals surface area (Å²) in [5, 5.41) is 2.63. The summed E-state index contributed by atoms with van der Waals surface area (Å²) in [5.41, 5.74) is 28.8. The molecule has 4 aliphatic rings. The SMILES string of the molecule is CC1(C)c2ccccc2-c2ccc(N(c3ccc4c(c3)-c3ccccc3-c3ccccc3N4c3ccccc3)c3ccc4c(c3)C3(c5ccccc5-c5ccccc5-4)c4ccccc4-c4c3ccc3c4sc4ccccc43)cc21. The van der Waals surface area contributed by atoms with Crippen LogP contribution in [0.2, 0.25) is 0 Å². The van der Waals surface area contributed by atoms with Gasteiger partial charge in [-0.3, -0.25) is 0 Å². The second-order valence-electron chi connectivity index (χ2n) is 22.3. The van der Waals surface area contributed by atoms with Crippen LogP contribution in [-0.4, -0.2) is 0 Å². The third-order valence-corrected chi connectivity index (χ3v) is 19.2. The highest BCUT2D eigenvalue weighted by Gasteiger charge is 2.51. The number of thiophene rings is 1. The summed E-state index contributed by atoms with van der Waals surface area (Å²) in [6.07, 6.45) is 0.